The van der Waals surface area contributed by atoms with Crippen LogP contribution < -0.4 is 10.1 Å². The highest BCUT2D eigenvalue weighted by atomic mass is 16.5. The lowest BCUT2D eigenvalue weighted by atomic mass is 10.1. The minimum atomic E-state index is -1.34. The van der Waals surface area contributed by atoms with Crippen molar-refractivity contribution in [1.82, 2.24) is 5.32 Å². The highest BCUT2D eigenvalue weighted by Crippen LogP contribution is 2.18. The number of nitrogens with one attached hydrogen (secondary N) is 1. The van der Waals surface area contributed by atoms with Gasteiger partial charge in [0, 0.05) is 0 Å². The van der Waals surface area contributed by atoms with Gasteiger partial charge in [-0.2, -0.15) is 0 Å². The zero-order valence-electron chi connectivity index (χ0n) is 11.7. The normalized spacial score (nSPS) is 13.4. The van der Waals surface area contributed by atoms with Crippen molar-refractivity contribution in [2.45, 2.75) is 32.9 Å². The van der Waals surface area contributed by atoms with Gasteiger partial charge in [-0.1, -0.05) is 17.7 Å². The molecule has 20 heavy (non-hydrogen) atoms. The molecular formula is C14H19NO5. The highest BCUT2D eigenvalue weighted by molar-refractivity contribution is 5.84. The van der Waals surface area contributed by atoms with E-state index in [1.807, 2.05) is 26.0 Å². The first kappa shape index (κ1) is 16.0. The van der Waals surface area contributed by atoms with Gasteiger partial charge in [0.15, 0.2) is 12.6 Å². The maximum Gasteiger partial charge on any atom is 0.328 e. The highest BCUT2D eigenvalue weighted by Gasteiger charge is 2.24. The van der Waals surface area contributed by atoms with Crippen LogP contribution in [0.2, 0.25) is 0 Å². The first-order chi connectivity index (χ1) is 9.31. The number of hydrogen-bond acceptors (Lipinski definition) is 4. The summed E-state index contributed by atoms with van der Waals surface area (Å²) in [5.41, 5.74) is 1.97. The predicted octanol–water partition coefficient (Wildman–Crippen LogP) is 0.632. The summed E-state index contributed by atoms with van der Waals surface area (Å²) >= 11 is 0. The minimum Gasteiger partial charge on any atom is -0.484 e. The summed E-state index contributed by atoms with van der Waals surface area (Å²) in [5, 5.41) is 20.3. The maximum atomic E-state index is 11.6. The summed E-state index contributed by atoms with van der Waals surface area (Å²) in [5.74, 6) is -1.33. The van der Waals surface area contributed by atoms with Gasteiger partial charge in [0.2, 0.25) is 0 Å². The Bertz CT molecular complexity index is 498. The molecule has 0 aliphatic rings. The maximum absolute atomic E-state index is 11.6. The van der Waals surface area contributed by atoms with Crippen molar-refractivity contribution >= 4 is 11.9 Å². The van der Waals surface area contributed by atoms with Crippen LogP contribution in [0.1, 0.15) is 18.1 Å². The largest absolute Gasteiger partial charge is 0.484 e. The summed E-state index contributed by atoms with van der Waals surface area (Å²) < 4.78 is 5.33. The molecule has 0 fully saturated rings. The third kappa shape index (κ3) is 4.55. The average molecular weight is 281 g/mol. The van der Waals surface area contributed by atoms with Crippen LogP contribution in [0.4, 0.5) is 0 Å². The molecule has 6 nitrogen and oxygen atoms in total. The van der Waals surface area contributed by atoms with E-state index < -0.39 is 24.0 Å². The number of aliphatic hydroxyl groups excluding tert-OH is 1. The number of rotatable bonds is 6. The van der Waals surface area contributed by atoms with Crippen molar-refractivity contribution in [1.29, 1.82) is 0 Å². The van der Waals surface area contributed by atoms with Crippen LogP contribution in [0.5, 0.6) is 5.75 Å². The van der Waals surface area contributed by atoms with Crippen molar-refractivity contribution in [3.63, 3.8) is 0 Å². The number of carbonyl (C=O) groups is 2. The third-order valence-electron chi connectivity index (χ3n) is 2.75. The lowest BCUT2D eigenvalue weighted by Gasteiger charge is -2.17. The molecule has 110 valence electrons. The number of amides is 1. The van der Waals surface area contributed by atoms with E-state index in [0.717, 1.165) is 11.1 Å². The molecular weight excluding hydrogens is 262 g/mol. The van der Waals surface area contributed by atoms with Gasteiger partial charge in [-0.25, -0.2) is 4.79 Å². The number of carbonyl (C=O) groups excluding carboxylic acids is 1. The quantitative estimate of drug-likeness (QED) is 0.711. The number of carboxylic acids is 1. The first-order valence-corrected chi connectivity index (χ1v) is 6.21. The molecule has 0 radical (unpaired) electrons. The Labute approximate surface area is 117 Å². The molecule has 0 aliphatic heterocycles. The van der Waals surface area contributed by atoms with E-state index in [9.17, 15) is 14.7 Å². The molecule has 0 heterocycles. The molecule has 0 aliphatic carbocycles. The third-order valence-corrected chi connectivity index (χ3v) is 2.75. The minimum absolute atomic E-state index is 0.305. The zero-order valence-corrected chi connectivity index (χ0v) is 11.7. The molecule has 1 aromatic rings. The van der Waals surface area contributed by atoms with Crippen LogP contribution in [0.3, 0.4) is 0 Å². The molecule has 1 aromatic carbocycles. The van der Waals surface area contributed by atoms with Crippen LogP contribution in [0.25, 0.3) is 0 Å². The summed E-state index contributed by atoms with van der Waals surface area (Å²) in [4.78, 5) is 22.4. The fourth-order valence-electron chi connectivity index (χ4n) is 1.71. The Morgan fingerprint density at radius 2 is 2.00 bits per heavy atom. The van der Waals surface area contributed by atoms with Crippen molar-refractivity contribution in [3.8, 4) is 5.75 Å². The molecule has 2 atom stereocenters. The van der Waals surface area contributed by atoms with Gasteiger partial charge in [0.05, 0.1) is 6.10 Å². The van der Waals surface area contributed by atoms with Crippen molar-refractivity contribution in [3.05, 3.63) is 29.3 Å². The summed E-state index contributed by atoms with van der Waals surface area (Å²) in [6.45, 7) is 4.80. The van der Waals surface area contributed by atoms with Crippen LogP contribution in [0.15, 0.2) is 18.2 Å². The average Bonchev–Trinajstić information content (AvgIpc) is 2.34. The van der Waals surface area contributed by atoms with Gasteiger partial charge in [-0.05, 0) is 32.4 Å². The smallest absolute Gasteiger partial charge is 0.328 e. The predicted molar refractivity (Wildman–Crippen MR) is 72.7 cm³/mol. The van der Waals surface area contributed by atoms with Crippen LogP contribution in [0, 0.1) is 13.8 Å². The van der Waals surface area contributed by atoms with E-state index in [2.05, 4.69) is 5.32 Å². The van der Waals surface area contributed by atoms with Crippen molar-refractivity contribution in [2.24, 2.45) is 0 Å². The van der Waals surface area contributed by atoms with Crippen LogP contribution in [-0.4, -0.2) is 40.8 Å². The topological polar surface area (TPSA) is 95.9 Å². The standard InChI is InChI=1S/C14H19NO5/c1-8-4-5-11(9(2)6-8)20-7-12(17)15-13(10(3)16)14(18)19/h4-6,10,13,16H,7H2,1-3H3,(H,15,17)(H,18,19). The zero-order chi connectivity index (χ0) is 15.3. The SMILES string of the molecule is Cc1ccc(OCC(=O)NC(C(=O)O)C(C)O)c(C)c1. The number of aryl methyl sites for hydroxylation is 2. The van der Waals surface area contributed by atoms with Gasteiger partial charge in [0.25, 0.3) is 5.91 Å². The van der Waals surface area contributed by atoms with Gasteiger partial charge in [-0.3, -0.25) is 4.79 Å². The van der Waals surface area contributed by atoms with E-state index in [0.29, 0.717) is 5.75 Å². The molecule has 2 unspecified atom stereocenters. The molecule has 0 bridgehead atoms. The summed E-state index contributed by atoms with van der Waals surface area (Å²) in [6.07, 6.45) is -1.18. The Hall–Kier alpha value is -2.08. The molecule has 6 heteroatoms. The molecule has 1 amide bonds. The number of benzene rings is 1. The monoisotopic (exact) mass is 281 g/mol. The Kier molecular flexibility index (Phi) is 5.52. The number of carboxylic acid groups (broad SMARTS) is 1. The number of aliphatic hydroxyl groups is 1. The molecule has 0 saturated carbocycles. The van der Waals surface area contributed by atoms with Gasteiger partial charge in [-0.15, -0.1) is 0 Å². The Balaban J connectivity index is 2.57. The van der Waals surface area contributed by atoms with E-state index in [-0.39, 0.29) is 6.61 Å². The fourth-order valence-corrected chi connectivity index (χ4v) is 1.71. The second kappa shape index (κ2) is 6.91. The lowest BCUT2D eigenvalue weighted by Crippen LogP contribution is -2.49. The number of aliphatic carboxylic acids is 1. The molecule has 0 saturated heterocycles. The van der Waals surface area contributed by atoms with Crippen molar-refractivity contribution in [2.75, 3.05) is 6.61 Å². The molecule has 3 N–H and O–H groups in total. The Morgan fingerprint density at radius 1 is 1.35 bits per heavy atom. The summed E-state index contributed by atoms with van der Waals surface area (Å²) in [6, 6.07) is 4.19. The molecule has 0 aromatic heterocycles. The van der Waals surface area contributed by atoms with E-state index >= 15 is 0 Å². The first-order valence-electron chi connectivity index (χ1n) is 6.21. The number of ether oxygens (including phenoxy) is 1. The Morgan fingerprint density at radius 3 is 2.50 bits per heavy atom. The van der Waals surface area contributed by atoms with Gasteiger partial charge < -0.3 is 20.3 Å². The lowest BCUT2D eigenvalue weighted by molar-refractivity contribution is -0.145. The van der Waals surface area contributed by atoms with Crippen LogP contribution in [-0.2, 0) is 9.59 Å². The van der Waals surface area contributed by atoms with E-state index in [1.165, 1.54) is 6.92 Å². The molecule has 0 spiro atoms. The summed E-state index contributed by atoms with van der Waals surface area (Å²) in [7, 11) is 0. The van der Waals surface area contributed by atoms with Crippen molar-refractivity contribution < 1.29 is 24.5 Å². The fraction of sp³-hybridized carbons (Fsp3) is 0.429. The van der Waals surface area contributed by atoms with E-state index in [4.69, 9.17) is 9.84 Å². The molecule has 1 rings (SSSR count). The van der Waals surface area contributed by atoms with Gasteiger partial charge >= 0.3 is 5.97 Å². The van der Waals surface area contributed by atoms with Crippen LogP contribution >= 0.6 is 0 Å². The second-order valence-electron chi connectivity index (χ2n) is 4.68. The van der Waals surface area contributed by atoms with Gasteiger partial charge in [0.1, 0.15) is 5.75 Å². The number of hydrogen-bond donors (Lipinski definition) is 3. The second-order valence-corrected chi connectivity index (χ2v) is 4.68. The van der Waals surface area contributed by atoms with E-state index in [1.54, 1.807) is 6.07 Å².